The molecule has 0 bridgehead atoms. The number of benzene rings is 1. The van der Waals surface area contributed by atoms with Gasteiger partial charge in [-0.1, -0.05) is 0 Å². The zero-order chi connectivity index (χ0) is 19.5. The van der Waals surface area contributed by atoms with Gasteiger partial charge in [-0.2, -0.15) is 0 Å². The normalized spacial score (nSPS) is 12.8. The smallest absolute Gasteiger partial charge is 0.261 e. The molecular weight excluding hydrogens is 447 g/mol. The molecule has 1 amide bonds. The van der Waals surface area contributed by atoms with Crippen LogP contribution in [0.15, 0.2) is 39.0 Å². The first-order valence-corrected chi connectivity index (χ1v) is 10.6. The summed E-state index contributed by atoms with van der Waals surface area (Å²) in [5.74, 6) is -0.432. The van der Waals surface area contributed by atoms with E-state index in [9.17, 15) is 17.6 Å². The van der Waals surface area contributed by atoms with Crippen molar-refractivity contribution in [3.8, 4) is 5.75 Å². The summed E-state index contributed by atoms with van der Waals surface area (Å²) in [6.45, 7) is 1.76. The van der Waals surface area contributed by atoms with Gasteiger partial charge in [0.05, 0.1) is 11.0 Å². The van der Waals surface area contributed by atoms with Gasteiger partial charge in [0.2, 0.25) is 0 Å². The maximum absolute atomic E-state index is 13.1. The molecule has 0 aliphatic heterocycles. The van der Waals surface area contributed by atoms with Crippen molar-refractivity contribution < 1.29 is 22.3 Å². The van der Waals surface area contributed by atoms with Gasteiger partial charge in [-0.05, 0) is 53.2 Å². The lowest BCUT2D eigenvalue weighted by atomic mass is 10.3. The fourth-order valence-corrected chi connectivity index (χ4v) is 4.81. The molecule has 0 aliphatic carbocycles. The van der Waals surface area contributed by atoms with Gasteiger partial charge >= 0.3 is 0 Å². The highest BCUT2D eigenvalue weighted by molar-refractivity contribution is 9.10. The van der Waals surface area contributed by atoms with Crippen molar-refractivity contribution in [2.75, 3.05) is 14.1 Å². The minimum atomic E-state index is -3.48. The first kappa shape index (κ1) is 20.8. The maximum Gasteiger partial charge on any atom is 0.261 e. The number of halogens is 2. The average Bonchev–Trinajstić information content (AvgIpc) is 3.04. The second-order valence-electron chi connectivity index (χ2n) is 5.56. The van der Waals surface area contributed by atoms with Crippen LogP contribution in [0.5, 0.6) is 5.75 Å². The fraction of sp³-hybridized carbons (Fsp3) is 0.312. The number of nitrogens with one attached hydrogen (secondary N) is 1. The number of sulfonamides is 1. The third kappa shape index (κ3) is 5.03. The lowest BCUT2D eigenvalue weighted by molar-refractivity contribution is -0.127. The molecule has 10 heteroatoms. The summed E-state index contributed by atoms with van der Waals surface area (Å²) in [5, 5.41) is 2.69. The van der Waals surface area contributed by atoms with Crippen LogP contribution in [0.3, 0.4) is 0 Å². The molecule has 1 unspecified atom stereocenters. The highest BCUT2D eigenvalue weighted by Gasteiger charge is 2.20. The molecule has 1 N–H and O–H groups in total. The van der Waals surface area contributed by atoms with Crippen LogP contribution in [0.1, 0.15) is 11.8 Å². The SMILES string of the molecule is CC(Oc1ccc(F)cc1Br)C(=O)NCc1ccc(S(=O)(=O)N(C)C)s1. The van der Waals surface area contributed by atoms with Gasteiger partial charge in [0.25, 0.3) is 15.9 Å². The van der Waals surface area contributed by atoms with Gasteiger partial charge in [-0.3, -0.25) is 4.79 Å². The van der Waals surface area contributed by atoms with E-state index >= 15 is 0 Å². The molecule has 1 aromatic heterocycles. The van der Waals surface area contributed by atoms with Gasteiger partial charge < -0.3 is 10.1 Å². The van der Waals surface area contributed by atoms with E-state index < -0.39 is 21.9 Å². The number of hydrogen-bond acceptors (Lipinski definition) is 5. The predicted octanol–water partition coefficient (Wildman–Crippen LogP) is 2.98. The van der Waals surface area contributed by atoms with Crippen molar-refractivity contribution >= 4 is 43.2 Å². The monoisotopic (exact) mass is 464 g/mol. The Morgan fingerprint density at radius 2 is 2.04 bits per heavy atom. The Labute approximate surface area is 164 Å². The lowest BCUT2D eigenvalue weighted by Crippen LogP contribution is -2.35. The largest absolute Gasteiger partial charge is 0.480 e. The summed E-state index contributed by atoms with van der Waals surface area (Å²) in [7, 11) is -0.559. The van der Waals surface area contributed by atoms with E-state index in [1.54, 1.807) is 13.0 Å². The van der Waals surface area contributed by atoms with Gasteiger partial charge in [0.1, 0.15) is 15.8 Å². The number of ether oxygens (including phenoxy) is 1. The molecule has 142 valence electrons. The minimum absolute atomic E-state index is 0.185. The third-order valence-electron chi connectivity index (χ3n) is 3.38. The third-order valence-corrected chi connectivity index (χ3v) is 7.36. The molecule has 1 atom stereocenters. The quantitative estimate of drug-likeness (QED) is 0.683. The Balaban J connectivity index is 1.95. The number of carbonyl (C=O) groups excluding carboxylic acids is 1. The van der Waals surface area contributed by atoms with Gasteiger partial charge in [-0.25, -0.2) is 17.1 Å². The number of amides is 1. The molecule has 0 fully saturated rings. The number of nitrogens with zero attached hydrogens (tertiary/aromatic N) is 1. The van der Waals surface area contributed by atoms with Crippen LogP contribution in [0.2, 0.25) is 0 Å². The zero-order valence-corrected chi connectivity index (χ0v) is 17.5. The molecule has 0 saturated heterocycles. The first-order valence-electron chi connectivity index (χ1n) is 7.52. The minimum Gasteiger partial charge on any atom is -0.480 e. The van der Waals surface area contributed by atoms with E-state index in [4.69, 9.17) is 4.74 Å². The van der Waals surface area contributed by atoms with E-state index in [-0.39, 0.29) is 16.7 Å². The Hall–Kier alpha value is -1.49. The van der Waals surface area contributed by atoms with Crippen LogP contribution in [0.4, 0.5) is 4.39 Å². The topological polar surface area (TPSA) is 75.7 Å². The van der Waals surface area contributed by atoms with E-state index in [1.807, 2.05) is 0 Å². The summed E-state index contributed by atoms with van der Waals surface area (Å²) in [4.78, 5) is 12.9. The highest BCUT2D eigenvalue weighted by atomic mass is 79.9. The molecule has 6 nitrogen and oxygen atoms in total. The van der Waals surface area contributed by atoms with E-state index in [0.717, 1.165) is 15.6 Å². The number of carbonyl (C=O) groups is 1. The first-order chi connectivity index (χ1) is 12.1. The molecule has 1 heterocycles. The van der Waals surface area contributed by atoms with E-state index in [0.29, 0.717) is 15.1 Å². The molecule has 0 spiro atoms. The average molecular weight is 465 g/mol. The van der Waals surface area contributed by atoms with Gasteiger partial charge in [0.15, 0.2) is 6.10 Å². The second kappa shape index (κ2) is 8.47. The van der Waals surface area contributed by atoms with Crippen LogP contribution in [0, 0.1) is 5.82 Å². The standard InChI is InChI=1S/C16H18BrFN2O4S2/c1-10(24-14-6-4-11(18)8-13(14)17)16(21)19-9-12-5-7-15(25-12)26(22,23)20(2)3/h4-8,10H,9H2,1-3H3,(H,19,21). The van der Waals surface area contributed by atoms with E-state index in [1.165, 1.54) is 38.4 Å². The Bertz CT molecular complexity index is 899. The van der Waals surface area contributed by atoms with Crippen molar-refractivity contribution in [3.63, 3.8) is 0 Å². The van der Waals surface area contributed by atoms with Crippen LogP contribution in [-0.2, 0) is 21.4 Å². The van der Waals surface area contributed by atoms with Crippen molar-refractivity contribution in [1.29, 1.82) is 0 Å². The van der Waals surface area contributed by atoms with Crippen LogP contribution >= 0.6 is 27.3 Å². The predicted molar refractivity (Wildman–Crippen MR) is 101 cm³/mol. The van der Waals surface area contributed by atoms with Crippen LogP contribution in [-0.4, -0.2) is 38.8 Å². The number of rotatable bonds is 7. The summed E-state index contributed by atoms with van der Waals surface area (Å²) < 4.78 is 44.5. The Kier molecular flexibility index (Phi) is 6.78. The summed E-state index contributed by atoms with van der Waals surface area (Å²) in [6.07, 6.45) is -0.804. The van der Waals surface area contributed by atoms with Crippen molar-refractivity contribution in [2.45, 2.75) is 23.8 Å². The molecule has 1 aromatic carbocycles. The maximum atomic E-state index is 13.1. The molecule has 26 heavy (non-hydrogen) atoms. The molecule has 2 rings (SSSR count). The molecule has 0 saturated carbocycles. The summed E-state index contributed by atoms with van der Waals surface area (Å²) in [5.41, 5.74) is 0. The zero-order valence-electron chi connectivity index (χ0n) is 14.3. The van der Waals surface area contributed by atoms with Gasteiger partial charge in [-0.15, -0.1) is 11.3 Å². The Morgan fingerprint density at radius 1 is 1.35 bits per heavy atom. The van der Waals surface area contributed by atoms with Crippen LogP contribution < -0.4 is 10.1 Å². The molecular formula is C16H18BrFN2O4S2. The summed E-state index contributed by atoms with van der Waals surface area (Å²) >= 11 is 4.27. The van der Waals surface area contributed by atoms with E-state index in [2.05, 4.69) is 21.2 Å². The van der Waals surface area contributed by atoms with Crippen molar-refractivity contribution in [2.24, 2.45) is 0 Å². The van der Waals surface area contributed by atoms with Crippen molar-refractivity contribution in [3.05, 3.63) is 45.5 Å². The van der Waals surface area contributed by atoms with Gasteiger partial charge in [0, 0.05) is 19.0 Å². The molecule has 2 aromatic rings. The second-order valence-corrected chi connectivity index (χ2v) is 9.96. The number of hydrogen-bond donors (Lipinski definition) is 1. The van der Waals surface area contributed by atoms with Crippen LogP contribution in [0.25, 0.3) is 0 Å². The highest BCUT2D eigenvalue weighted by Crippen LogP contribution is 2.26. The molecule has 0 radical (unpaired) electrons. The lowest BCUT2D eigenvalue weighted by Gasteiger charge is -2.15. The fourth-order valence-electron chi connectivity index (χ4n) is 1.90. The molecule has 0 aliphatic rings. The number of thiophene rings is 1. The van der Waals surface area contributed by atoms with Crippen molar-refractivity contribution in [1.82, 2.24) is 9.62 Å². The Morgan fingerprint density at radius 3 is 2.65 bits per heavy atom. The summed E-state index contributed by atoms with van der Waals surface area (Å²) in [6, 6.07) is 7.09.